The highest BCUT2D eigenvalue weighted by molar-refractivity contribution is 6.08. The Kier molecular flexibility index (Phi) is 4.32. The molecular formula is C22H18O4. The van der Waals surface area contributed by atoms with Gasteiger partial charge in [0.25, 0.3) is 0 Å². The molecule has 0 N–H and O–H groups in total. The molecule has 1 heterocycles. The Bertz CT molecular complexity index is 987. The summed E-state index contributed by atoms with van der Waals surface area (Å²) in [6, 6.07) is 17.4. The lowest BCUT2D eigenvalue weighted by atomic mass is 10.0. The molecule has 0 saturated carbocycles. The Morgan fingerprint density at radius 3 is 2.65 bits per heavy atom. The van der Waals surface area contributed by atoms with E-state index in [1.807, 2.05) is 54.6 Å². The first-order valence-electron chi connectivity index (χ1n) is 8.43. The molecule has 130 valence electrons. The van der Waals surface area contributed by atoms with Crippen LogP contribution in [0.1, 0.15) is 15.9 Å². The fourth-order valence-corrected chi connectivity index (χ4v) is 3.00. The van der Waals surface area contributed by atoms with Gasteiger partial charge in [0.15, 0.2) is 17.3 Å². The minimum absolute atomic E-state index is 0.0513. The van der Waals surface area contributed by atoms with E-state index in [1.165, 1.54) is 0 Å². The molecule has 1 aliphatic rings. The van der Waals surface area contributed by atoms with Crippen molar-refractivity contribution in [3.8, 4) is 17.2 Å². The van der Waals surface area contributed by atoms with Crippen LogP contribution in [0, 0.1) is 0 Å². The second-order valence-electron chi connectivity index (χ2n) is 6.01. The van der Waals surface area contributed by atoms with Gasteiger partial charge in [-0.15, -0.1) is 0 Å². The normalized spacial score (nSPS) is 13.1. The number of rotatable bonds is 4. The van der Waals surface area contributed by atoms with E-state index in [1.54, 1.807) is 19.3 Å². The topological polar surface area (TPSA) is 44.8 Å². The number of ether oxygens (including phenoxy) is 3. The lowest BCUT2D eigenvalue weighted by molar-refractivity contribution is 0.104. The summed E-state index contributed by atoms with van der Waals surface area (Å²) in [7, 11) is 1.58. The maximum Gasteiger partial charge on any atom is 0.203 e. The molecule has 3 aromatic carbocycles. The molecule has 4 nitrogen and oxygen atoms in total. The largest absolute Gasteiger partial charge is 0.493 e. The second-order valence-corrected chi connectivity index (χ2v) is 6.01. The molecular weight excluding hydrogens is 328 g/mol. The predicted molar refractivity (Wildman–Crippen MR) is 101 cm³/mol. The van der Waals surface area contributed by atoms with Gasteiger partial charge in [-0.25, -0.2) is 0 Å². The van der Waals surface area contributed by atoms with Crippen LogP contribution in [0.2, 0.25) is 0 Å². The summed E-state index contributed by atoms with van der Waals surface area (Å²) in [5.41, 5.74) is 1.48. The quantitative estimate of drug-likeness (QED) is 0.515. The Morgan fingerprint density at radius 1 is 1.00 bits per heavy atom. The van der Waals surface area contributed by atoms with Gasteiger partial charge in [0.05, 0.1) is 7.11 Å². The van der Waals surface area contributed by atoms with E-state index < -0.39 is 0 Å². The van der Waals surface area contributed by atoms with Crippen LogP contribution in [0.5, 0.6) is 17.2 Å². The van der Waals surface area contributed by atoms with Crippen molar-refractivity contribution in [2.75, 3.05) is 20.3 Å². The third-order valence-corrected chi connectivity index (χ3v) is 4.31. The number of ketones is 1. The molecule has 0 amide bonds. The second kappa shape index (κ2) is 6.92. The number of methoxy groups -OCH3 is 1. The molecule has 3 aromatic rings. The van der Waals surface area contributed by atoms with Crippen LogP contribution in [0.4, 0.5) is 0 Å². The third kappa shape index (κ3) is 3.14. The smallest absolute Gasteiger partial charge is 0.203 e. The molecule has 0 saturated heterocycles. The van der Waals surface area contributed by atoms with Crippen molar-refractivity contribution in [3.05, 3.63) is 71.8 Å². The minimum atomic E-state index is -0.0513. The zero-order valence-electron chi connectivity index (χ0n) is 14.4. The number of hydrogen-bond donors (Lipinski definition) is 0. The molecule has 0 radical (unpaired) electrons. The van der Waals surface area contributed by atoms with Crippen molar-refractivity contribution in [1.82, 2.24) is 0 Å². The molecule has 0 bridgehead atoms. The monoisotopic (exact) mass is 346 g/mol. The number of benzene rings is 3. The summed E-state index contributed by atoms with van der Waals surface area (Å²) in [5.74, 6) is 1.79. The number of carbonyl (C=O) groups excluding carboxylic acids is 1. The molecule has 0 aromatic heterocycles. The van der Waals surface area contributed by atoms with E-state index in [0.29, 0.717) is 36.0 Å². The number of carbonyl (C=O) groups is 1. The summed E-state index contributed by atoms with van der Waals surface area (Å²) in [4.78, 5) is 12.5. The summed E-state index contributed by atoms with van der Waals surface area (Å²) in [6.45, 7) is 0.998. The zero-order valence-corrected chi connectivity index (χ0v) is 14.4. The summed E-state index contributed by atoms with van der Waals surface area (Å²) < 4.78 is 16.6. The third-order valence-electron chi connectivity index (χ3n) is 4.31. The first-order chi connectivity index (χ1) is 12.7. The van der Waals surface area contributed by atoms with Crippen LogP contribution in [-0.4, -0.2) is 26.1 Å². The summed E-state index contributed by atoms with van der Waals surface area (Å²) in [6.07, 6.45) is 3.33. The van der Waals surface area contributed by atoms with E-state index in [0.717, 1.165) is 16.3 Å². The maximum atomic E-state index is 12.5. The average Bonchev–Trinajstić information content (AvgIpc) is 2.71. The summed E-state index contributed by atoms with van der Waals surface area (Å²) in [5, 5.41) is 2.16. The molecule has 0 spiro atoms. The SMILES string of the molecule is COc1cc(/C=C/C(=O)c2ccc3ccccc3c2)cc2c1OCCO2. The van der Waals surface area contributed by atoms with Crippen molar-refractivity contribution in [3.63, 3.8) is 0 Å². The molecule has 0 atom stereocenters. The number of allylic oxidation sites excluding steroid dienone is 1. The van der Waals surface area contributed by atoms with Crippen molar-refractivity contribution in [1.29, 1.82) is 0 Å². The van der Waals surface area contributed by atoms with Gasteiger partial charge in [-0.1, -0.05) is 42.5 Å². The van der Waals surface area contributed by atoms with Gasteiger partial charge in [0, 0.05) is 5.56 Å². The first-order valence-corrected chi connectivity index (χ1v) is 8.43. The highest BCUT2D eigenvalue weighted by atomic mass is 16.6. The molecule has 4 rings (SSSR count). The van der Waals surface area contributed by atoms with Crippen LogP contribution in [0.15, 0.2) is 60.7 Å². The molecule has 1 aliphatic heterocycles. The van der Waals surface area contributed by atoms with Crippen LogP contribution in [0.25, 0.3) is 16.8 Å². The minimum Gasteiger partial charge on any atom is -0.493 e. The van der Waals surface area contributed by atoms with E-state index in [9.17, 15) is 4.79 Å². The zero-order chi connectivity index (χ0) is 17.9. The van der Waals surface area contributed by atoms with Crippen LogP contribution in [-0.2, 0) is 0 Å². The van der Waals surface area contributed by atoms with Crippen molar-refractivity contribution >= 4 is 22.6 Å². The molecule has 26 heavy (non-hydrogen) atoms. The standard InChI is InChI=1S/C22H18O4/c1-24-20-12-15(13-21-22(20)26-11-10-25-21)6-9-19(23)18-8-7-16-4-2-3-5-17(16)14-18/h2-9,12-14H,10-11H2,1H3/b9-6+. The van der Waals surface area contributed by atoms with Gasteiger partial charge in [-0.05, 0) is 40.6 Å². The Balaban J connectivity index is 1.61. The maximum absolute atomic E-state index is 12.5. The fraction of sp³-hybridized carbons (Fsp3) is 0.136. The Labute approximate surface area is 151 Å². The number of hydrogen-bond acceptors (Lipinski definition) is 4. The first kappa shape index (κ1) is 16.2. The van der Waals surface area contributed by atoms with Gasteiger partial charge in [0.1, 0.15) is 13.2 Å². The predicted octanol–water partition coefficient (Wildman–Crippen LogP) is 4.52. The Morgan fingerprint density at radius 2 is 1.81 bits per heavy atom. The summed E-state index contributed by atoms with van der Waals surface area (Å²) >= 11 is 0. The Hall–Kier alpha value is -3.27. The van der Waals surface area contributed by atoms with Crippen LogP contribution < -0.4 is 14.2 Å². The highest BCUT2D eigenvalue weighted by Gasteiger charge is 2.17. The van der Waals surface area contributed by atoms with E-state index in [2.05, 4.69) is 0 Å². The molecule has 0 unspecified atom stereocenters. The van der Waals surface area contributed by atoms with Crippen LogP contribution >= 0.6 is 0 Å². The molecule has 4 heteroatoms. The van der Waals surface area contributed by atoms with Gasteiger partial charge in [-0.2, -0.15) is 0 Å². The van der Waals surface area contributed by atoms with Crippen molar-refractivity contribution in [2.24, 2.45) is 0 Å². The van der Waals surface area contributed by atoms with E-state index >= 15 is 0 Å². The molecule has 0 aliphatic carbocycles. The lowest BCUT2D eigenvalue weighted by Gasteiger charge is -2.20. The van der Waals surface area contributed by atoms with Gasteiger partial charge in [0.2, 0.25) is 5.75 Å². The van der Waals surface area contributed by atoms with Crippen molar-refractivity contribution in [2.45, 2.75) is 0 Å². The van der Waals surface area contributed by atoms with Gasteiger partial charge < -0.3 is 14.2 Å². The number of fused-ring (bicyclic) bond motifs is 2. The highest BCUT2D eigenvalue weighted by Crippen LogP contribution is 2.40. The molecule has 0 fully saturated rings. The average molecular weight is 346 g/mol. The fourth-order valence-electron chi connectivity index (χ4n) is 3.00. The lowest BCUT2D eigenvalue weighted by Crippen LogP contribution is -2.16. The van der Waals surface area contributed by atoms with Crippen LogP contribution in [0.3, 0.4) is 0 Å². The van der Waals surface area contributed by atoms with E-state index in [4.69, 9.17) is 14.2 Å². The van der Waals surface area contributed by atoms with Crippen molar-refractivity contribution < 1.29 is 19.0 Å². The van der Waals surface area contributed by atoms with Gasteiger partial charge in [-0.3, -0.25) is 4.79 Å². The van der Waals surface area contributed by atoms with Gasteiger partial charge >= 0.3 is 0 Å². The van der Waals surface area contributed by atoms with E-state index in [-0.39, 0.29) is 5.78 Å².